The van der Waals surface area contributed by atoms with Gasteiger partial charge in [-0.2, -0.15) is 0 Å². The van der Waals surface area contributed by atoms with Gasteiger partial charge >= 0.3 is 0 Å². The molecule has 4 aromatic carbocycles. The average molecular weight is 388 g/mol. The topological polar surface area (TPSA) is 26.3 Å². The normalized spacial score (nSPS) is 10.7. The Morgan fingerprint density at radius 2 is 1.10 bits per heavy atom. The van der Waals surface area contributed by atoms with E-state index in [1.165, 1.54) is 10.9 Å². The van der Waals surface area contributed by atoms with Gasteiger partial charge in [-0.05, 0) is 23.8 Å². The van der Waals surface area contributed by atoms with Crippen LogP contribution >= 0.6 is 0 Å². The average Bonchev–Trinajstić information content (AvgIpc) is 3.45. The van der Waals surface area contributed by atoms with Crippen molar-refractivity contribution < 1.29 is 8.83 Å². The van der Waals surface area contributed by atoms with Gasteiger partial charge in [0.15, 0.2) is 0 Å². The van der Waals surface area contributed by atoms with E-state index in [9.17, 15) is 0 Å². The molecule has 0 spiro atoms. The number of rotatable bonds is 2. The summed E-state index contributed by atoms with van der Waals surface area (Å²) in [5.41, 5.74) is 5.36. The molecule has 0 atom stereocenters. The molecule has 0 fully saturated rings. The second-order valence-corrected chi connectivity index (χ2v) is 7.03. The summed E-state index contributed by atoms with van der Waals surface area (Å²) in [5, 5.41) is 2.32. The summed E-state index contributed by atoms with van der Waals surface area (Å²) in [7, 11) is 0. The maximum Gasteiger partial charge on any atom is 0.135 e. The molecule has 144 valence electrons. The first-order valence-electron chi connectivity index (χ1n) is 9.94. The zero-order valence-corrected chi connectivity index (χ0v) is 16.4. The predicted molar refractivity (Wildman–Crippen MR) is 123 cm³/mol. The van der Waals surface area contributed by atoms with Crippen LogP contribution in [0.5, 0.6) is 0 Å². The van der Waals surface area contributed by atoms with Gasteiger partial charge < -0.3 is 8.83 Å². The third-order valence-electron chi connectivity index (χ3n) is 5.05. The summed E-state index contributed by atoms with van der Waals surface area (Å²) >= 11 is 0. The second kappa shape index (κ2) is 8.14. The Morgan fingerprint density at radius 3 is 1.83 bits per heavy atom. The maximum atomic E-state index is 5.75. The molecule has 0 saturated heterocycles. The molecule has 0 amide bonds. The maximum absolute atomic E-state index is 5.75. The van der Waals surface area contributed by atoms with Crippen LogP contribution in [0.4, 0.5) is 0 Å². The van der Waals surface area contributed by atoms with Crippen LogP contribution in [-0.2, 0) is 0 Å². The molecule has 6 aromatic rings. The third kappa shape index (κ3) is 3.63. The van der Waals surface area contributed by atoms with E-state index in [-0.39, 0.29) is 0 Å². The van der Waals surface area contributed by atoms with E-state index in [2.05, 4.69) is 42.5 Å². The molecule has 0 aliphatic heterocycles. The van der Waals surface area contributed by atoms with Crippen LogP contribution in [-0.4, -0.2) is 0 Å². The monoisotopic (exact) mass is 388 g/mol. The Hall–Kier alpha value is -4.04. The largest absolute Gasteiger partial charge is 0.464 e. The van der Waals surface area contributed by atoms with E-state index in [0.717, 1.165) is 33.4 Å². The van der Waals surface area contributed by atoms with Crippen LogP contribution in [0.1, 0.15) is 0 Å². The smallest absolute Gasteiger partial charge is 0.135 e. The number of benzene rings is 4. The van der Waals surface area contributed by atoms with Gasteiger partial charge in [-0.3, -0.25) is 0 Å². The molecule has 2 heterocycles. The standard InChI is InChI=1S/2C14H10O/c1-2-6-11(7-3-1)13-10-15-14-9-5-4-8-12(13)14;1-2-6-11(7-3-1)14-10-12-8-4-5-9-13(12)15-14/h2*1-10H. The number of hydrogen-bond acceptors (Lipinski definition) is 2. The highest BCUT2D eigenvalue weighted by Gasteiger charge is 2.06. The van der Waals surface area contributed by atoms with Crippen molar-refractivity contribution in [1.82, 2.24) is 0 Å². The van der Waals surface area contributed by atoms with Gasteiger partial charge in [0.05, 0.1) is 6.26 Å². The summed E-state index contributed by atoms with van der Waals surface area (Å²) < 4.78 is 11.3. The fourth-order valence-electron chi connectivity index (χ4n) is 3.55. The molecule has 2 heteroatoms. The summed E-state index contributed by atoms with van der Waals surface area (Å²) in [5.74, 6) is 0.928. The van der Waals surface area contributed by atoms with Crippen molar-refractivity contribution in [3.05, 3.63) is 122 Å². The number of hydrogen-bond donors (Lipinski definition) is 0. The van der Waals surface area contributed by atoms with E-state index < -0.39 is 0 Å². The molecular formula is C28H20O2. The van der Waals surface area contributed by atoms with Gasteiger partial charge in [0.25, 0.3) is 0 Å². The van der Waals surface area contributed by atoms with Crippen LogP contribution in [0.25, 0.3) is 44.4 Å². The highest BCUT2D eigenvalue weighted by Crippen LogP contribution is 2.30. The Bertz CT molecular complexity index is 1330. The molecule has 2 aromatic heterocycles. The molecule has 30 heavy (non-hydrogen) atoms. The molecule has 0 aliphatic rings. The zero-order chi connectivity index (χ0) is 20.2. The van der Waals surface area contributed by atoms with E-state index >= 15 is 0 Å². The molecule has 2 nitrogen and oxygen atoms in total. The highest BCUT2D eigenvalue weighted by atomic mass is 16.3. The van der Waals surface area contributed by atoms with Crippen LogP contribution in [0.3, 0.4) is 0 Å². The van der Waals surface area contributed by atoms with Gasteiger partial charge in [-0.1, -0.05) is 97.1 Å². The Labute approximate surface area is 175 Å². The minimum absolute atomic E-state index is 0.928. The van der Waals surface area contributed by atoms with Crippen molar-refractivity contribution in [2.75, 3.05) is 0 Å². The summed E-state index contributed by atoms with van der Waals surface area (Å²) in [6.07, 6.45) is 1.82. The van der Waals surface area contributed by atoms with Gasteiger partial charge in [-0.15, -0.1) is 0 Å². The van der Waals surface area contributed by atoms with Crippen LogP contribution in [0, 0.1) is 0 Å². The first-order valence-corrected chi connectivity index (χ1v) is 9.94. The molecule has 0 radical (unpaired) electrons. The van der Waals surface area contributed by atoms with Crippen molar-refractivity contribution in [3.63, 3.8) is 0 Å². The lowest BCUT2D eigenvalue weighted by atomic mass is 10.1. The molecule has 0 bridgehead atoms. The van der Waals surface area contributed by atoms with Gasteiger partial charge in [0.1, 0.15) is 16.9 Å². The molecule has 0 aliphatic carbocycles. The Morgan fingerprint density at radius 1 is 0.500 bits per heavy atom. The lowest BCUT2D eigenvalue weighted by molar-refractivity contribution is 0.617. The summed E-state index contributed by atoms with van der Waals surface area (Å²) in [6, 6.07) is 38.7. The first-order chi connectivity index (χ1) is 14.9. The second-order valence-electron chi connectivity index (χ2n) is 7.03. The van der Waals surface area contributed by atoms with Crippen LogP contribution in [0.2, 0.25) is 0 Å². The van der Waals surface area contributed by atoms with Gasteiger partial charge in [0.2, 0.25) is 0 Å². The number of para-hydroxylation sites is 2. The third-order valence-corrected chi connectivity index (χ3v) is 5.05. The minimum atomic E-state index is 0.928. The molecule has 0 unspecified atom stereocenters. The molecule has 0 saturated carbocycles. The van der Waals surface area contributed by atoms with Gasteiger partial charge in [-0.25, -0.2) is 0 Å². The Kier molecular flexibility index (Phi) is 4.89. The lowest BCUT2D eigenvalue weighted by Crippen LogP contribution is -1.73. The first kappa shape index (κ1) is 18.0. The van der Waals surface area contributed by atoms with E-state index in [1.807, 2.05) is 79.1 Å². The molecule has 0 N–H and O–H groups in total. The highest BCUT2D eigenvalue weighted by molar-refractivity contribution is 5.93. The Balaban J connectivity index is 0.000000128. The van der Waals surface area contributed by atoms with Gasteiger partial charge in [0, 0.05) is 21.9 Å². The predicted octanol–water partition coefficient (Wildman–Crippen LogP) is 8.20. The summed E-state index contributed by atoms with van der Waals surface area (Å²) in [4.78, 5) is 0. The minimum Gasteiger partial charge on any atom is -0.464 e. The molecular weight excluding hydrogens is 368 g/mol. The number of furan rings is 2. The van der Waals surface area contributed by atoms with Crippen molar-refractivity contribution in [2.45, 2.75) is 0 Å². The zero-order valence-electron chi connectivity index (χ0n) is 16.4. The number of fused-ring (bicyclic) bond motifs is 2. The van der Waals surface area contributed by atoms with Crippen molar-refractivity contribution in [1.29, 1.82) is 0 Å². The van der Waals surface area contributed by atoms with Crippen molar-refractivity contribution in [2.24, 2.45) is 0 Å². The van der Waals surface area contributed by atoms with Crippen molar-refractivity contribution >= 4 is 21.9 Å². The summed E-state index contributed by atoms with van der Waals surface area (Å²) in [6.45, 7) is 0. The van der Waals surface area contributed by atoms with E-state index in [1.54, 1.807) is 0 Å². The van der Waals surface area contributed by atoms with Crippen LogP contribution < -0.4 is 0 Å². The molecule has 6 rings (SSSR count). The van der Waals surface area contributed by atoms with Crippen LogP contribution in [0.15, 0.2) is 130 Å². The fourth-order valence-corrected chi connectivity index (χ4v) is 3.55. The quantitative estimate of drug-likeness (QED) is 0.299. The van der Waals surface area contributed by atoms with E-state index in [0.29, 0.717) is 0 Å². The lowest BCUT2D eigenvalue weighted by Gasteiger charge is -1.96. The fraction of sp³-hybridized carbons (Fsp3) is 0. The SMILES string of the molecule is c1ccc(-c2cc3ccccc3o2)cc1.c1ccc(-c2coc3ccccc23)cc1. The van der Waals surface area contributed by atoms with E-state index in [4.69, 9.17) is 8.83 Å². The van der Waals surface area contributed by atoms with Crippen molar-refractivity contribution in [3.8, 4) is 22.5 Å².